The van der Waals surface area contributed by atoms with Crippen LogP contribution in [0.2, 0.25) is 0 Å². The molecule has 7 heteroatoms. The van der Waals surface area contributed by atoms with E-state index in [4.69, 9.17) is 14.1 Å². The smallest absolute Gasteiger partial charge is 0.309 e. The van der Waals surface area contributed by atoms with Gasteiger partial charge in [0.1, 0.15) is 5.76 Å². The Morgan fingerprint density at radius 2 is 2.04 bits per heavy atom. The zero-order valence-corrected chi connectivity index (χ0v) is 18.5. The fourth-order valence-electron chi connectivity index (χ4n) is 3.80. The third kappa shape index (κ3) is 6.69. The summed E-state index contributed by atoms with van der Waals surface area (Å²) in [6.45, 7) is 4.73. The van der Waals surface area contributed by atoms with Crippen molar-refractivity contribution in [2.45, 2.75) is 57.9 Å². The van der Waals surface area contributed by atoms with Crippen molar-refractivity contribution in [3.63, 3.8) is 0 Å². The Kier molecular flexibility index (Phi) is 9.44. The predicted octanol–water partition coefficient (Wildman–Crippen LogP) is 3.60. The molecule has 0 bridgehead atoms. The molecule has 27 heavy (non-hydrogen) atoms. The summed E-state index contributed by atoms with van der Waals surface area (Å²) < 4.78 is 10.6. The second kappa shape index (κ2) is 11.6. The van der Waals surface area contributed by atoms with Gasteiger partial charge in [-0.3, -0.25) is 9.79 Å². The van der Waals surface area contributed by atoms with Crippen LogP contribution in [0, 0.1) is 5.92 Å². The number of carbonyl (C=O) groups excluding carboxylic acids is 1. The zero-order valence-electron chi connectivity index (χ0n) is 16.2. The number of esters is 1. The molecular formula is C20H32IN3O3. The van der Waals surface area contributed by atoms with Crippen LogP contribution in [-0.4, -0.2) is 49.1 Å². The van der Waals surface area contributed by atoms with Gasteiger partial charge in [0.2, 0.25) is 0 Å². The first kappa shape index (κ1) is 22.0. The first-order valence-corrected chi connectivity index (χ1v) is 10.0. The maximum atomic E-state index is 12.0. The summed E-state index contributed by atoms with van der Waals surface area (Å²) in [7, 11) is 0. The van der Waals surface area contributed by atoms with Gasteiger partial charge in [0.05, 0.1) is 18.8 Å². The van der Waals surface area contributed by atoms with Crippen LogP contribution in [0.4, 0.5) is 0 Å². The molecule has 1 N–H and O–H groups in total. The molecule has 3 rings (SSSR count). The molecule has 152 valence electrons. The molecule has 2 aliphatic rings. The molecule has 0 spiro atoms. The van der Waals surface area contributed by atoms with E-state index in [1.807, 2.05) is 19.1 Å². The number of nitrogens with one attached hydrogen (secondary N) is 1. The number of hydrogen-bond donors (Lipinski definition) is 1. The summed E-state index contributed by atoms with van der Waals surface area (Å²) in [4.78, 5) is 19.1. The third-order valence-electron chi connectivity index (χ3n) is 5.30. The molecule has 2 heterocycles. The van der Waals surface area contributed by atoms with Crippen molar-refractivity contribution in [3.05, 3.63) is 24.2 Å². The number of halogens is 1. The van der Waals surface area contributed by atoms with Crippen molar-refractivity contribution in [2.24, 2.45) is 10.9 Å². The van der Waals surface area contributed by atoms with E-state index in [1.165, 1.54) is 25.7 Å². The summed E-state index contributed by atoms with van der Waals surface area (Å²) in [6, 6.07) is 4.43. The number of ether oxygens (including phenoxy) is 1. The van der Waals surface area contributed by atoms with Crippen molar-refractivity contribution < 1.29 is 13.9 Å². The van der Waals surface area contributed by atoms with E-state index in [1.54, 1.807) is 6.26 Å². The highest BCUT2D eigenvalue weighted by Gasteiger charge is 2.28. The van der Waals surface area contributed by atoms with E-state index in [-0.39, 0.29) is 35.9 Å². The Morgan fingerprint density at radius 3 is 2.67 bits per heavy atom. The Hall–Kier alpha value is -1.25. The van der Waals surface area contributed by atoms with Gasteiger partial charge in [0, 0.05) is 32.1 Å². The van der Waals surface area contributed by atoms with Crippen LogP contribution in [0.25, 0.3) is 0 Å². The van der Waals surface area contributed by atoms with E-state index in [0.29, 0.717) is 19.2 Å². The van der Waals surface area contributed by atoms with Crippen molar-refractivity contribution in [1.29, 1.82) is 0 Å². The summed E-state index contributed by atoms with van der Waals surface area (Å²) in [5, 5.41) is 3.66. The molecule has 1 aromatic rings. The Balaban J connectivity index is 0.00000261. The largest absolute Gasteiger partial charge is 0.469 e. The average molecular weight is 489 g/mol. The van der Waals surface area contributed by atoms with Crippen LogP contribution in [0.15, 0.2) is 27.8 Å². The van der Waals surface area contributed by atoms with E-state index >= 15 is 0 Å². The van der Waals surface area contributed by atoms with Crippen LogP contribution in [0.1, 0.15) is 51.2 Å². The highest BCUT2D eigenvalue weighted by molar-refractivity contribution is 14.0. The Bertz CT molecular complexity index is 577. The van der Waals surface area contributed by atoms with E-state index < -0.39 is 0 Å². The van der Waals surface area contributed by atoms with Crippen molar-refractivity contribution in [2.75, 3.05) is 26.2 Å². The number of hydrogen-bond acceptors (Lipinski definition) is 4. The summed E-state index contributed by atoms with van der Waals surface area (Å²) in [5.41, 5.74) is 0. The second-order valence-corrected chi connectivity index (χ2v) is 7.17. The molecule has 0 unspecified atom stereocenters. The molecule has 1 saturated heterocycles. The maximum Gasteiger partial charge on any atom is 0.309 e. The summed E-state index contributed by atoms with van der Waals surface area (Å²) in [6.07, 6.45) is 9.21. The lowest BCUT2D eigenvalue weighted by Crippen LogP contribution is -2.49. The van der Waals surface area contributed by atoms with Gasteiger partial charge in [-0.05, 0) is 44.7 Å². The highest BCUT2D eigenvalue weighted by Crippen LogP contribution is 2.21. The minimum Gasteiger partial charge on any atom is -0.469 e. The van der Waals surface area contributed by atoms with Crippen LogP contribution < -0.4 is 5.32 Å². The normalized spacial score (nSPS) is 19.0. The minimum absolute atomic E-state index is 0. The standard InChI is InChI=1S/C20H31N3O3.HI/c1-2-25-19(24)16-10-13-23(14-11-16)20(22-17-6-3-4-7-17)21-12-9-18-8-5-15-26-18;/h5,8,15-17H,2-4,6-7,9-14H2,1H3,(H,21,22);1H. The number of piperidine rings is 1. The fourth-order valence-corrected chi connectivity index (χ4v) is 3.80. The number of rotatable bonds is 6. The molecular weight excluding hydrogens is 457 g/mol. The average Bonchev–Trinajstić information content (AvgIpc) is 3.35. The summed E-state index contributed by atoms with van der Waals surface area (Å²) >= 11 is 0. The predicted molar refractivity (Wildman–Crippen MR) is 116 cm³/mol. The molecule has 1 aliphatic heterocycles. The van der Waals surface area contributed by atoms with Gasteiger partial charge in [-0.25, -0.2) is 0 Å². The SMILES string of the molecule is CCOC(=O)C1CCN(C(=NCCc2ccco2)NC2CCCC2)CC1.I. The molecule has 1 aromatic heterocycles. The first-order valence-electron chi connectivity index (χ1n) is 10.0. The van der Waals surface area contributed by atoms with Gasteiger partial charge in [-0.15, -0.1) is 24.0 Å². The highest BCUT2D eigenvalue weighted by atomic mass is 127. The molecule has 0 amide bonds. The Labute approximate surface area is 179 Å². The molecule has 6 nitrogen and oxygen atoms in total. The van der Waals surface area contributed by atoms with Crippen molar-refractivity contribution in [3.8, 4) is 0 Å². The molecule has 1 saturated carbocycles. The zero-order chi connectivity index (χ0) is 18.2. The lowest BCUT2D eigenvalue weighted by atomic mass is 9.97. The van der Waals surface area contributed by atoms with Crippen LogP contribution in [0.3, 0.4) is 0 Å². The van der Waals surface area contributed by atoms with E-state index in [9.17, 15) is 4.79 Å². The van der Waals surface area contributed by atoms with Gasteiger partial charge in [-0.2, -0.15) is 0 Å². The lowest BCUT2D eigenvalue weighted by molar-refractivity contribution is -0.149. The number of guanidine groups is 1. The van der Waals surface area contributed by atoms with Crippen LogP contribution in [0.5, 0.6) is 0 Å². The molecule has 1 aliphatic carbocycles. The second-order valence-electron chi connectivity index (χ2n) is 7.17. The summed E-state index contributed by atoms with van der Waals surface area (Å²) in [5.74, 6) is 1.94. The van der Waals surface area contributed by atoms with Crippen LogP contribution in [-0.2, 0) is 16.0 Å². The fraction of sp³-hybridized carbons (Fsp3) is 0.700. The van der Waals surface area contributed by atoms with E-state index in [0.717, 1.165) is 44.1 Å². The van der Waals surface area contributed by atoms with Gasteiger partial charge in [0.25, 0.3) is 0 Å². The topological polar surface area (TPSA) is 67.1 Å². The minimum atomic E-state index is -0.0489. The van der Waals surface area contributed by atoms with E-state index in [2.05, 4.69) is 10.2 Å². The molecule has 0 atom stereocenters. The quantitative estimate of drug-likeness (QED) is 0.286. The van der Waals surface area contributed by atoms with Gasteiger partial charge < -0.3 is 19.4 Å². The molecule has 0 aromatic carbocycles. The number of carbonyl (C=O) groups is 1. The monoisotopic (exact) mass is 489 g/mol. The van der Waals surface area contributed by atoms with Gasteiger partial charge >= 0.3 is 5.97 Å². The van der Waals surface area contributed by atoms with Gasteiger partial charge in [0.15, 0.2) is 5.96 Å². The maximum absolute atomic E-state index is 12.0. The number of nitrogens with zero attached hydrogens (tertiary/aromatic N) is 2. The van der Waals surface area contributed by atoms with Gasteiger partial charge in [-0.1, -0.05) is 12.8 Å². The first-order chi connectivity index (χ1) is 12.8. The van der Waals surface area contributed by atoms with Crippen LogP contribution >= 0.6 is 24.0 Å². The number of likely N-dealkylation sites (tertiary alicyclic amines) is 1. The number of furan rings is 1. The van der Waals surface area contributed by atoms with Crippen molar-refractivity contribution in [1.82, 2.24) is 10.2 Å². The number of aliphatic imine (C=N–C) groups is 1. The lowest BCUT2D eigenvalue weighted by Gasteiger charge is -2.34. The molecule has 0 radical (unpaired) electrons. The third-order valence-corrected chi connectivity index (χ3v) is 5.30. The Morgan fingerprint density at radius 1 is 1.30 bits per heavy atom. The van der Waals surface area contributed by atoms with Crippen molar-refractivity contribution >= 4 is 35.9 Å². The molecule has 2 fully saturated rings.